The number of carbonyl (C=O) groups excluding carboxylic acids is 2. The van der Waals surface area contributed by atoms with Crippen molar-refractivity contribution in [3.8, 4) is 0 Å². The van der Waals surface area contributed by atoms with Gasteiger partial charge in [-0.1, -0.05) is 11.6 Å². The van der Waals surface area contributed by atoms with Gasteiger partial charge in [-0.3, -0.25) is 20.4 Å². The minimum Gasteiger partial charge on any atom is -0.357 e. The van der Waals surface area contributed by atoms with Gasteiger partial charge in [-0.15, -0.1) is 0 Å². The van der Waals surface area contributed by atoms with Crippen molar-refractivity contribution in [2.45, 2.75) is 0 Å². The van der Waals surface area contributed by atoms with Gasteiger partial charge in [-0.2, -0.15) is 0 Å². The van der Waals surface area contributed by atoms with Gasteiger partial charge in [0.05, 0.1) is 10.6 Å². The lowest BCUT2D eigenvalue weighted by molar-refractivity contribution is 0.0844. The average Bonchev–Trinajstić information content (AvgIpc) is 2.89. The van der Waals surface area contributed by atoms with E-state index in [4.69, 9.17) is 11.6 Å². The number of benzene rings is 1. The molecule has 0 radical (unpaired) electrons. The Kier molecular flexibility index (Phi) is 3.82. The van der Waals surface area contributed by atoms with Crippen molar-refractivity contribution in [2.75, 3.05) is 0 Å². The van der Waals surface area contributed by atoms with Crippen LogP contribution >= 0.6 is 11.6 Å². The molecular weight excluding hydrogens is 273 g/mol. The van der Waals surface area contributed by atoms with Crippen molar-refractivity contribution in [3.05, 3.63) is 58.6 Å². The highest BCUT2D eigenvalue weighted by atomic mass is 35.5. The number of amides is 2. The molecule has 1 aromatic heterocycles. The quantitative estimate of drug-likeness (QED) is 0.735. The molecule has 0 fully saturated rings. The summed E-state index contributed by atoms with van der Waals surface area (Å²) in [5.41, 5.74) is 4.75. The number of rotatable bonds is 2. The molecule has 2 amide bonds. The molecule has 0 saturated carbocycles. The fourth-order valence-corrected chi connectivity index (χ4v) is 1.65. The normalized spacial score (nSPS) is 10.0. The van der Waals surface area contributed by atoms with E-state index in [0.29, 0.717) is 5.69 Å². The lowest BCUT2D eigenvalue weighted by atomic mass is 10.2. The van der Waals surface area contributed by atoms with E-state index in [1.165, 1.54) is 6.07 Å². The number of aromatic amines is 1. The second kappa shape index (κ2) is 5.53. The predicted octanol–water partition coefficient (Wildman–Crippen LogP) is 1.88. The van der Waals surface area contributed by atoms with Crippen LogP contribution in [0.1, 0.15) is 20.8 Å². The summed E-state index contributed by atoms with van der Waals surface area (Å²) >= 11 is 5.72. The average molecular weight is 282 g/mol. The highest BCUT2D eigenvalue weighted by Gasteiger charge is 2.12. The zero-order chi connectivity index (χ0) is 13.8. The number of aromatic nitrogens is 1. The molecule has 0 aliphatic carbocycles. The molecule has 7 heteroatoms. The number of H-pyrrole nitrogens is 1. The van der Waals surface area contributed by atoms with E-state index in [0.717, 1.165) is 12.1 Å². The third-order valence-electron chi connectivity index (χ3n) is 2.31. The summed E-state index contributed by atoms with van der Waals surface area (Å²) in [7, 11) is 0. The van der Waals surface area contributed by atoms with Crippen LogP contribution in [0.5, 0.6) is 0 Å². The Balaban J connectivity index is 2.00. The smallest absolute Gasteiger partial charge is 0.286 e. The molecule has 0 unspecified atom stereocenters. The number of hydrogen-bond acceptors (Lipinski definition) is 2. The molecule has 1 heterocycles. The third-order valence-corrected chi connectivity index (χ3v) is 2.62. The first-order valence-electron chi connectivity index (χ1n) is 5.27. The molecule has 0 aliphatic rings. The van der Waals surface area contributed by atoms with E-state index in [9.17, 15) is 14.0 Å². The Bertz CT molecular complexity index is 613. The van der Waals surface area contributed by atoms with Crippen LogP contribution in [-0.2, 0) is 0 Å². The van der Waals surface area contributed by atoms with Gasteiger partial charge in [0.1, 0.15) is 11.5 Å². The number of carbonyl (C=O) groups is 2. The molecule has 0 aliphatic heterocycles. The van der Waals surface area contributed by atoms with Gasteiger partial charge >= 0.3 is 0 Å². The van der Waals surface area contributed by atoms with Gasteiger partial charge in [0, 0.05) is 6.20 Å². The molecule has 0 saturated heterocycles. The molecule has 3 N–H and O–H groups in total. The lowest BCUT2D eigenvalue weighted by Crippen LogP contribution is -2.41. The number of nitrogens with one attached hydrogen (secondary N) is 3. The maximum Gasteiger partial charge on any atom is 0.286 e. The lowest BCUT2D eigenvalue weighted by Gasteiger charge is -2.07. The van der Waals surface area contributed by atoms with Crippen LogP contribution in [-0.4, -0.2) is 16.8 Å². The summed E-state index contributed by atoms with van der Waals surface area (Å²) in [6.45, 7) is 0. The molecule has 19 heavy (non-hydrogen) atoms. The zero-order valence-electron chi connectivity index (χ0n) is 9.54. The van der Waals surface area contributed by atoms with Gasteiger partial charge in [0.25, 0.3) is 11.8 Å². The SMILES string of the molecule is O=C(NNC(=O)c1ccc(F)cc1Cl)c1ccc[nH]1. The second-order valence-electron chi connectivity index (χ2n) is 3.62. The summed E-state index contributed by atoms with van der Waals surface area (Å²) < 4.78 is 12.8. The van der Waals surface area contributed by atoms with Gasteiger partial charge in [0.15, 0.2) is 0 Å². The number of hydrazine groups is 1. The summed E-state index contributed by atoms with van der Waals surface area (Å²) in [6, 6.07) is 6.55. The van der Waals surface area contributed by atoms with E-state index >= 15 is 0 Å². The molecule has 0 spiro atoms. The molecule has 2 aromatic rings. The minimum absolute atomic E-state index is 0.0355. The molecular formula is C12H9ClFN3O2. The van der Waals surface area contributed by atoms with Crippen LogP contribution < -0.4 is 10.9 Å². The van der Waals surface area contributed by atoms with E-state index in [-0.39, 0.29) is 10.6 Å². The Morgan fingerprint density at radius 2 is 1.89 bits per heavy atom. The second-order valence-corrected chi connectivity index (χ2v) is 4.02. The maximum absolute atomic E-state index is 12.8. The van der Waals surface area contributed by atoms with E-state index in [1.54, 1.807) is 18.3 Å². The highest BCUT2D eigenvalue weighted by Crippen LogP contribution is 2.16. The van der Waals surface area contributed by atoms with Gasteiger partial charge in [0.2, 0.25) is 0 Å². The van der Waals surface area contributed by atoms with Gasteiger partial charge < -0.3 is 4.98 Å². The third kappa shape index (κ3) is 3.11. The molecule has 0 atom stereocenters. The van der Waals surface area contributed by atoms with E-state index in [2.05, 4.69) is 15.8 Å². The summed E-state index contributed by atoms with van der Waals surface area (Å²) in [5.74, 6) is -1.68. The molecule has 5 nitrogen and oxygen atoms in total. The topological polar surface area (TPSA) is 74.0 Å². The molecule has 1 aromatic carbocycles. The Morgan fingerprint density at radius 3 is 2.53 bits per heavy atom. The van der Waals surface area contributed by atoms with Crippen molar-refractivity contribution in [1.82, 2.24) is 15.8 Å². The monoisotopic (exact) mass is 281 g/mol. The van der Waals surface area contributed by atoms with Crippen LogP contribution in [0.3, 0.4) is 0 Å². The van der Waals surface area contributed by atoms with Crippen LogP contribution in [0.4, 0.5) is 4.39 Å². The predicted molar refractivity (Wildman–Crippen MR) is 67.1 cm³/mol. The van der Waals surface area contributed by atoms with Crippen molar-refractivity contribution in [3.63, 3.8) is 0 Å². The largest absolute Gasteiger partial charge is 0.357 e. The Labute approximate surface area is 112 Å². The van der Waals surface area contributed by atoms with Crippen LogP contribution in [0.15, 0.2) is 36.5 Å². The van der Waals surface area contributed by atoms with E-state index in [1.807, 2.05) is 0 Å². The number of hydrogen-bond donors (Lipinski definition) is 3. The first-order chi connectivity index (χ1) is 9.08. The van der Waals surface area contributed by atoms with Gasteiger partial charge in [-0.05, 0) is 30.3 Å². The van der Waals surface area contributed by atoms with Crippen molar-refractivity contribution in [1.29, 1.82) is 0 Å². The molecule has 2 rings (SSSR count). The standard InChI is InChI=1S/C12H9ClFN3O2/c13-9-6-7(14)3-4-8(9)11(18)16-17-12(19)10-2-1-5-15-10/h1-6,15H,(H,16,18)(H,17,19). The first-order valence-corrected chi connectivity index (χ1v) is 5.65. The Hall–Kier alpha value is -2.34. The van der Waals surface area contributed by atoms with E-state index < -0.39 is 17.6 Å². The Morgan fingerprint density at radius 1 is 1.16 bits per heavy atom. The van der Waals surface area contributed by atoms with Crippen molar-refractivity contribution in [2.24, 2.45) is 0 Å². The van der Waals surface area contributed by atoms with Gasteiger partial charge in [-0.25, -0.2) is 4.39 Å². The minimum atomic E-state index is -0.634. The van der Waals surface area contributed by atoms with Crippen LogP contribution in [0, 0.1) is 5.82 Å². The summed E-state index contributed by atoms with van der Waals surface area (Å²) in [6.07, 6.45) is 1.58. The maximum atomic E-state index is 12.8. The fourth-order valence-electron chi connectivity index (χ4n) is 1.39. The fraction of sp³-hybridized carbons (Fsp3) is 0. The van der Waals surface area contributed by atoms with Crippen molar-refractivity contribution < 1.29 is 14.0 Å². The highest BCUT2D eigenvalue weighted by molar-refractivity contribution is 6.33. The summed E-state index contributed by atoms with van der Waals surface area (Å²) in [4.78, 5) is 25.9. The molecule has 0 bridgehead atoms. The van der Waals surface area contributed by atoms with Crippen LogP contribution in [0.25, 0.3) is 0 Å². The number of halogens is 2. The van der Waals surface area contributed by atoms with Crippen LogP contribution in [0.2, 0.25) is 5.02 Å². The summed E-state index contributed by atoms with van der Waals surface area (Å²) in [5, 5.41) is -0.0355. The zero-order valence-corrected chi connectivity index (χ0v) is 10.3. The first kappa shape index (κ1) is 13.1. The van der Waals surface area contributed by atoms with Crippen molar-refractivity contribution >= 4 is 23.4 Å². The molecule has 98 valence electrons.